The maximum absolute atomic E-state index is 13.2. The summed E-state index contributed by atoms with van der Waals surface area (Å²) in [6, 6.07) is 15.1. The highest BCUT2D eigenvalue weighted by Gasteiger charge is 2.31. The van der Waals surface area contributed by atoms with Crippen LogP contribution in [-0.4, -0.2) is 35.8 Å². The van der Waals surface area contributed by atoms with Crippen LogP contribution in [0.5, 0.6) is 0 Å². The van der Waals surface area contributed by atoms with Crippen molar-refractivity contribution in [3.63, 3.8) is 0 Å². The van der Waals surface area contributed by atoms with Crippen LogP contribution in [0.4, 0.5) is 0 Å². The Morgan fingerprint density at radius 3 is 2.03 bits per heavy atom. The van der Waals surface area contributed by atoms with Crippen molar-refractivity contribution in [1.82, 2.24) is 10.2 Å². The molecule has 1 aliphatic heterocycles. The number of rotatable bonds is 6. The molecule has 0 aromatic heterocycles. The summed E-state index contributed by atoms with van der Waals surface area (Å²) >= 11 is 6.00. The molecule has 1 heterocycles. The number of halogens is 1. The zero-order valence-electron chi connectivity index (χ0n) is 18.9. The second-order valence-electron chi connectivity index (χ2n) is 9.12. The first-order valence-electron chi connectivity index (χ1n) is 11.2. The Morgan fingerprint density at radius 1 is 0.935 bits per heavy atom. The molecule has 0 bridgehead atoms. The molecule has 4 nitrogen and oxygen atoms in total. The van der Waals surface area contributed by atoms with E-state index in [2.05, 4.69) is 31.3 Å². The van der Waals surface area contributed by atoms with Crippen LogP contribution in [0.25, 0.3) is 0 Å². The standard InChI is InChI=1S/C26H33ClN2O2/c1-17(2)19-5-7-22(8-6-19)25(30)28-24(18(3)4)26(31)29-15-13-21(14-16-29)20-9-11-23(27)12-10-20/h5-12,17-18,21,24H,13-16H2,1-4H3,(H,28,30). The van der Waals surface area contributed by atoms with E-state index in [-0.39, 0.29) is 17.7 Å². The van der Waals surface area contributed by atoms with Crippen molar-refractivity contribution in [3.05, 3.63) is 70.2 Å². The number of carbonyl (C=O) groups excluding carboxylic acids is 2. The van der Waals surface area contributed by atoms with Crippen molar-refractivity contribution >= 4 is 23.4 Å². The molecule has 0 spiro atoms. The van der Waals surface area contributed by atoms with Gasteiger partial charge in [-0.05, 0) is 66.0 Å². The van der Waals surface area contributed by atoms with Gasteiger partial charge in [0, 0.05) is 23.7 Å². The predicted octanol–water partition coefficient (Wildman–Crippen LogP) is 5.62. The summed E-state index contributed by atoms with van der Waals surface area (Å²) in [5.41, 5.74) is 3.05. The van der Waals surface area contributed by atoms with Crippen LogP contribution >= 0.6 is 11.6 Å². The van der Waals surface area contributed by atoms with Gasteiger partial charge in [0.05, 0.1) is 0 Å². The van der Waals surface area contributed by atoms with Gasteiger partial charge in [-0.15, -0.1) is 0 Å². The van der Waals surface area contributed by atoms with E-state index >= 15 is 0 Å². The molecule has 1 saturated heterocycles. The number of nitrogens with one attached hydrogen (secondary N) is 1. The van der Waals surface area contributed by atoms with Crippen LogP contribution in [0.3, 0.4) is 0 Å². The lowest BCUT2D eigenvalue weighted by Gasteiger charge is -2.35. The van der Waals surface area contributed by atoms with E-state index in [1.807, 2.05) is 55.1 Å². The second-order valence-corrected chi connectivity index (χ2v) is 9.56. The van der Waals surface area contributed by atoms with Crippen LogP contribution in [0.1, 0.15) is 73.9 Å². The summed E-state index contributed by atoms with van der Waals surface area (Å²) in [5, 5.41) is 3.72. The second kappa shape index (κ2) is 10.3. The Balaban J connectivity index is 1.61. The van der Waals surface area contributed by atoms with Gasteiger partial charge in [-0.3, -0.25) is 9.59 Å². The summed E-state index contributed by atoms with van der Waals surface area (Å²) < 4.78 is 0. The fraction of sp³-hybridized carbons (Fsp3) is 0.462. The SMILES string of the molecule is CC(C)c1ccc(C(=O)NC(C(=O)N2CCC(c3ccc(Cl)cc3)CC2)C(C)C)cc1. The van der Waals surface area contributed by atoms with Gasteiger partial charge in [0.1, 0.15) is 6.04 Å². The summed E-state index contributed by atoms with van der Waals surface area (Å²) in [4.78, 5) is 27.9. The van der Waals surface area contributed by atoms with Gasteiger partial charge in [0.15, 0.2) is 0 Å². The molecule has 0 aliphatic carbocycles. The fourth-order valence-electron chi connectivity index (χ4n) is 4.12. The Kier molecular flexibility index (Phi) is 7.77. The molecule has 1 aliphatic rings. The van der Waals surface area contributed by atoms with Crippen LogP contribution in [0.15, 0.2) is 48.5 Å². The van der Waals surface area contributed by atoms with Crippen molar-refractivity contribution < 1.29 is 9.59 Å². The Morgan fingerprint density at radius 2 is 1.52 bits per heavy atom. The van der Waals surface area contributed by atoms with Gasteiger partial charge in [0.2, 0.25) is 5.91 Å². The smallest absolute Gasteiger partial charge is 0.251 e. The molecule has 2 aromatic rings. The first kappa shape index (κ1) is 23.3. The summed E-state index contributed by atoms with van der Waals surface area (Å²) in [7, 11) is 0. The highest BCUT2D eigenvalue weighted by Crippen LogP contribution is 2.29. The third kappa shape index (κ3) is 5.88. The molecule has 1 fully saturated rings. The number of carbonyl (C=O) groups is 2. The quantitative estimate of drug-likeness (QED) is 0.633. The molecule has 5 heteroatoms. The van der Waals surface area contributed by atoms with E-state index in [4.69, 9.17) is 11.6 Å². The van der Waals surface area contributed by atoms with Crippen LogP contribution < -0.4 is 5.32 Å². The number of hydrogen-bond acceptors (Lipinski definition) is 2. The molecule has 3 rings (SSSR count). The minimum Gasteiger partial charge on any atom is -0.341 e. The third-order valence-electron chi connectivity index (χ3n) is 6.21. The lowest BCUT2D eigenvalue weighted by Crippen LogP contribution is -2.52. The zero-order valence-corrected chi connectivity index (χ0v) is 19.7. The molecular formula is C26H33ClN2O2. The molecule has 0 radical (unpaired) electrons. The van der Waals surface area contributed by atoms with Crippen molar-refractivity contribution in [1.29, 1.82) is 0 Å². The van der Waals surface area contributed by atoms with Crippen LogP contribution in [0, 0.1) is 5.92 Å². The Labute approximate surface area is 191 Å². The summed E-state index contributed by atoms with van der Waals surface area (Å²) in [5.74, 6) is 0.682. The number of benzene rings is 2. The first-order chi connectivity index (χ1) is 14.8. The largest absolute Gasteiger partial charge is 0.341 e. The van der Waals surface area contributed by atoms with Crippen molar-refractivity contribution in [2.45, 2.75) is 58.4 Å². The summed E-state index contributed by atoms with van der Waals surface area (Å²) in [6.07, 6.45) is 1.84. The molecule has 1 N–H and O–H groups in total. The predicted molar refractivity (Wildman–Crippen MR) is 127 cm³/mol. The molecule has 2 aromatic carbocycles. The number of amides is 2. The van der Waals surface area contributed by atoms with Gasteiger partial charge in [-0.2, -0.15) is 0 Å². The van der Waals surface area contributed by atoms with E-state index in [1.54, 1.807) is 0 Å². The maximum Gasteiger partial charge on any atom is 0.251 e. The molecule has 2 amide bonds. The minimum absolute atomic E-state index is 0.0108. The average molecular weight is 441 g/mol. The van der Waals surface area contributed by atoms with E-state index in [1.165, 1.54) is 11.1 Å². The van der Waals surface area contributed by atoms with Crippen molar-refractivity contribution in [3.8, 4) is 0 Å². The molecular weight excluding hydrogens is 408 g/mol. The monoisotopic (exact) mass is 440 g/mol. The molecule has 1 unspecified atom stereocenters. The number of piperidine rings is 1. The van der Waals surface area contributed by atoms with Crippen molar-refractivity contribution in [2.75, 3.05) is 13.1 Å². The Bertz CT molecular complexity index is 883. The highest BCUT2D eigenvalue weighted by atomic mass is 35.5. The molecule has 1 atom stereocenters. The van der Waals surface area contributed by atoms with E-state index in [9.17, 15) is 9.59 Å². The normalized spacial score (nSPS) is 15.9. The zero-order chi connectivity index (χ0) is 22.5. The average Bonchev–Trinajstić information content (AvgIpc) is 2.77. The topological polar surface area (TPSA) is 49.4 Å². The number of hydrogen-bond donors (Lipinski definition) is 1. The van der Waals surface area contributed by atoms with Crippen LogP contribution in [-0.2, 0) is 4.79 Å². The third-order valence-corrected chi connectivity index (χ3v) is 6.46. The fourth-order valence-corrected chi connectivity index (χ4v) is 4.25. The minimum atomic E-state index is -0.524. The lowest BCUT2D eigenvalue weighted by molar-refractivity contribution is -0.135. The number of likely N-dealkylation sites (tertiary alicyclic amines) is 1. The van der Waals surface area contributed by atoms with Gasteiger partial charge >= 0.3 is 0 Å². The maximum atomic E-state index is 13.2. The van der Waals surface area contributed by atoms with Gasteiger partial charge in [-0.1, -0.05) is 63.6 Å². The van der Waals surface area contributed by atoms with Crippen molar-refractivity contribution in [2.24, 2.45) is 5.92 Å². The highest BCUT2D eigenvalue weighted by molar-refractivity contribution is 6.30. The molecule has 31 heavy (non-hydrogen) atoms. The molecule has 166 valence electrons. The van der Waals surface area contributed by atoms with Gasteiger partial charge in [-0.25, -0.2) is 0 Å². The van der Waals surface area contributed by atoms with E-state index < -0.39 is 6.04 Å². The molecule has 0 saturated carbocycles. The lowest BCUT2D eigenvalue weighted by atomic mass is 9.89. The van der Waals surface area contributed by atoms with Gasteiger partial charge < -0.3 is 10.2 Å². The number of nitrogens with zero attached hydrogens (tertiary/aromatic N) is 1. The summed E-state index contributed by atoms with van der Waals surface area (Å²) in [6.45, 7) is 9.61. The van der Waals surface area contributed by atoms with E-state index in [0.29, 0.717) is 30.5 Å². The first-order valence-corrected chi connectivity index (χ1v) is 11.6. The Hall–Kier alpha value is -2.33. The van der Waals surface area contributed by atoms with E-state index in [0.717, 1.165) is 17.9 Å². The van der Waals surface area contributed by atoms with Crippen LogP contribution in [0.2, 0.25) is 5.02 Å². The van der Waals surface area contributed by atoms with Gasteiger partial charge in [0.25, 0.3) is 5.91 Å².